The Labute approximate surface area is 90.0 Å². The average molecular weight is 200 g/mol. The second-order valence-corrected chi connectivity index (χ2v) is 3.98. The third kappa shape index (κ3) is 1.56. The van der Waals surface area contributed by atoms with Gasteiger partial charge in [-0.3, -0.25) is 0 Å². The summed E-state index contributed by atoms with van der Waals surface area (Å²) in [5.74, 6) is 0. The van der Waals surface area contributed by atoms with Crippen molar-refractivity contribution in [2.24, 2.45) is 7.05 Å². The summed E-state index contributed by atoms with van der Waals surface area (Å²) in [6, 6.07) is 6.49. The van der Waals surface area contributed by atoms with Crippen LogP contribution in [0.25, 0.3) is 10.9 Å². The minimum Gasteiger partial charge on any atom is -0.350 e. The zero-order valence-electron chi connectivity index (χ0n) is 9.46. The van der Waals surface area contributed by atoms with Gasteiger partial charge in [-0.25, -0.2) is 0 Å². The Morgan fingerprint density at radius 2 is 2.13 bits per heavy atom. The molecule has 15 heavy (non-hydrogen) atoms. The number of rotatable bonds is 2. The summed E-state index contributed by atoms with van der Waals surface area (Å²) in [6.07, 6.45) is 3.08. The van der Waals surface area contributed by atoms with Crippen LogP contribution in [0.3, 0.4) is 0 Å². The maximum atomic E-state index is 7.74. The van der Waals surface area contributed by atoms with Crippen molar-refractivity contribution in [1.29, 1.82) is 5.41 Å². The molecule has 0 fully saturated rings. The van der Waals surface area contributed by atoms with E-state index in [0.717, 1.165) is 12.0 Å². The van der Waals surface area contributed by atoms with Crippen LogP contribution in [0.2, 0.25) is 0 Å². The third-order valence-corrected chi connectivity index (χ3v) is 2.87. The zero-order chi connectivity index (χ0) is 11.0. The lowest BCUT2D eigenvalue weighted by Gasteiger charge is -2.00. The van der Waals surface area contributed by atoms with Crippen molar-refractivity contribution in [2.45, 2.75) is 20.3 Å². The molecule has 0 atom stereocenters. The quantitative estimate of drug-likeness (QED) is 0.722. The summed E-state index contributed by atoms with van der Waals surface area (Å²) in [7, 11) is 2.03. The fraction of sp³-hybridized carbons (Fsp3) is 0.308. The fourth-order valence-electron chi connectivity index (χ4n) is 1.96. The Kier molecular flexibility index (Phi) is 2.35. The van der Waals surface area contributed by atoms with E-state index in [1.165, 1.54) is 16.5 Å². The van der Waals surface area contributed by atoms with Crippen LogP contribution in [0.1, 0.15) is 25.0 Å². The van der Waals surface area contributed by atoms with Gasteiger partial charge in [0, 0.05) is 35.4 Å². The van der Waals surface area contributed by atoms with Crippen molar-refractivity contribution in [3.8, 4) is 0 Å². The van der Waals surface area contributed by atoms with Crippen molar-refractivity contribution >= 4 is 16.6 Å². The molecule has 0 radical (unpaired) electrons. The Hall–Kier alpha value is -1.57. The summed E-state index contributed by atoms with van der Waals surface area (Å²) in [4.78, 5) is 0. The van der Waals surface area contributed by atoms with Gasteiger partial charge in [-0.05, 0) is 31.0 Å². The number of nitrogens with zero attached hydrogens (tertiary/aromatic N) is 1. The summed E-state index contributed by atoms with van der Waals surface area (Å²) >= 11 is 0. The molecule has 0 spiro atoms. The van der Waals surface area contributed by atoms with Gasteiger partial charge in [0.1, 0.15) is 0 Å². The highest BCUT2D eigenvalue weighted by molar-refractivity contribution is 6.08. The van der Waals surface area contributed by atoms with E-state index in [1.54, 1.807) is 0 Å². The number of hydrogen-bond donors (Lipinski definition) is 1. The molecule has 78 valence electrons. The molecule has 0 bridgehead atoms. The van der Waals surface area contributed by atoms with E-state index >= 15 is 0 Å². The molecule has 1 aromatic heterocycles. The number of benzene rings is 1. The number of fused-ring (bicyclic) bond motifs is 1. The van der Waals surface area contributed by atoms with Gasteiger partial charge in [-0.2, -0.15) is 0 Å². The van der Waals surface area contributed by atoms with Gasteiger partial charge in [-0.15, -0.1) is 0 Å². The summed E-state index contributed by atoms with van der Waals surface area (Å²) in [6.45, 7) is 3.99. The Bertz CT molecular complexity index is 521. The molecule has 0 aliphatic rings. The predicted octanol–water partition coefficient (Wildman–Crippen LogP) is 3.13. The molecule has 0 amide bonds. The average Bonchev–Trinajstić information content (AvgIpc) is 2.56. The highest BCUT2D eigenvalue weighted by Gasteiger charge is 2.08. The fourth-order valence-corrected chi connectivity index (χ4v) is 1.96. The zero-order valence-corrected chi connectivity index (χ0v) is 9.46. The van der Waals surface area contributed by atoms with Crippen LogP contribution in [0.5, 0.6) is 0 Å². The van der Waals surface area contributed by atoms with Crippen molar-refractivity contribution < 1.29 is 0 Å². The van der Waals surface area contributed by atoms with Gasteiger partial charge in [0.15, 0.2) is 0 Å². The monoisotopic (exact) mass is 200 g/mol. The molecule has 0 saturated carbocycles. The molecule has 0 aliphatic heterocycles. The van der Waals surface area contributed by atoms with Crippen LogP contribution in [0, 0.1) is 5.41 Å². The first-order valence-electron chi connectivity index (χ1n) is 5.27. The van der Waals surface area contributed by atoms with E-state index in [1.807, 2.05) is 20.2 Å². The van der Waals surface area contributed by atoms with Crippen LogP contribution >= 0.6 is 0 Å². The SMILES string of the molecule is CCc1ccc2c(c1)c(C(C)=N)cn2C. The Morgan fingerprint density at radius 1 is 1.40 bits per heavy atom. The second-order valence-electron chi connectivity index (χ2n) is 3.98. The van der Waals surface area contributed by atoms with E-state index < -0.39 is 0 Å². The molecule has 2 nitrogen and oxygen atoms in total. The van der Waals surface area contributed by atoms with Gasteiger partial charge in [0.2, 0.25) is 0 Å². The van der Waals surface area contributed by atoms with Gasteiger partial charge in [0.25, 0.3) is 0 Å². The van der Waals surface area contributed by atoms with Gasteiger partial charge in [0.05, 0.1) is 0 Å². The van der Waals surface area contributed by atoms with E-state index in [0.29, 0.717) is 5.71 Å². The topological polar surface area (TPSA) is 28.8 Å². The Morgan fingerprint density at radius 3 is 2.73 bits per heavy atom. The molecule has 0 saturated heterocycles. The summed E-state index contributed by atoms with van der Waals surface area (Å²) in [5, 5.41) is 8.94. The van der Waals surface area contributed by atoms with Gasteiger partial charge in [-0.1, -0.05) is 13.0 Å². The molecule has 1 aromatic carbocycles. The van der Waals surface area contributed by atoms with Gasteiger partial charge < -0.3 is 9.98 Å². The van der Waals surface area contributed by atoms with Crippen molar-refractivity contribution in [3.05, 3.63) is 35.5 Å². The number of aryl methyl sites for hydroxylation is 2. The molecular formula is C13H16N2. The molecule has 1 N–H and O–H groups in total. The molecule has 2 aromatic rings. The third-order valence-electron chi connectivity index (χ3n) is 2.87. The highest BCUT2D eigenvalue weighted by Crippen LogP contribution is 2.22. The lowest BCUT2D eigenvalue weighted by Crippen LogP contribution is -1.89. The standard InChI is InChI=1S/C13H16N2/c1-4-10-5-6-13-11(7-10)12(9(2)14)8-15(13)3/h5-8,14H,4H2,1-3H3. The molecule has 1 heterocycles. The maximum absolute atomic E-state index is 7.74. The largest absolute Gasteiger partial charge is 0.350 e. The molecule has 2 rings (SSSR count). The van der Waals surface area contributed by atoms with Crippen LogP contribution in [0.15, 0.2) is 24.4 Å². The van der Waals surface area contributed by atoms with Crippen LogP contribution in [-0.4, -0.2) is 10.3 Å². The molecule has 2 heteroatoms. The normalized spacial score (nSPS) is 10.9. The first kappa shape index (κ1) is 9.97. The van der Waals surface area contributed by atoms with Crippen molar-refractivity contribution in [3.63, 3.8) is 0 Å². The number of nitrogens with one attached hydrogen (secondary N) is 1. The van der Waals surface area contributed by atoms with Crippen molar-refractivity contribution in [2.75, 3.05) is 0 Å². The second kappa shape index (κ2) is 3.54. The highest BCUT2D eigenvalue weighted by atomic mass is 14.9. The number of aromatic nitrogens is 1. The van der Waals surface area contributed by atoms with Crippen LogP contribution in [0.4, 0.5) is 0 Å². The summed E-state index contributed by atoms with van der Waals surface area (Å²) in [5.41, 5.74) is 4.21. The van der Waals surface area contributed by atoms with E-state index in [2.05, 4.69) is 29.7 Å². The predicted molar refractivity (Wildman–Crippen MR) is 64.8 cm³/mol. The molecule has 0 unspecified atom stereocenters. The first-order chi connectivity index (χ1) is 7.13. The summed E-state index contributed by atoms with van der Waals surface area (Å²) < 4.78 is 2.09. The van der Waals surface area contributed by atoms with E-state index in [4.69, 9.17) is 5.41 Å². The number of hydrogen-bond acceptors (Lipinski definition) is 1. The maximum Gasteiger partial charge on any atom is 0.0484 e. The van der Waals surface area contributed by atoms with Crippen LogP contribution in [-0.2, 0) is 13.5 Å². The van der Waals surface area contributed by atoms with Gasteiger partial charge >= 0.3 is 0 Å². The lowest BCUT2D eigenvalue weighted by atomic mass is 10.1. The van der Waals surface area contributed by atoms with E-state index in [-0.39, 0.29) is 0 Å². The lowest BCUT2D eigenvalue weighted by molar-refractivity contribution is 0.967. The Balaban J connectivity index is 2.77. The smallest absolute Gasteiger partial charge is 0.0484 e. The molecule has 0 aliphatic carbocycles. The van der Waals surface area contributed by atoms with Crippen molar-refractivity contribution in [1.82, 2.24) is 4.57 Å². The minimum absolute atomic E-state index is 0.633. The minimum atomic E-state index is 0.633. The van der Waals surface area contributed by atoms with E-state index in [9.17, 15) is 0 Å². The van der Waals surface area contributed by atoms with Crippen LogP contribution < -0.4 is 0 Å². The first-order valence-corrected chi connectivity index (χ1v) is 5.27. The molecular weight excluding hydrogens is 184 g/mol.